The first kappa shape index (κ1) is 25.3. The second kappa shape index (κ2) is 10.2. The van der Waals surface area contributed by atoms with Gasteiger partial charge in [0.1, 0.15) is 5.52 Å². The lowest BCUT2D eigenvalue weighted by Crippen LogP contribution is -2.00. The third-order valence-corrected chi connectivity index (χ3v) is 8.33. The summed E-state index contributed by atoms with van der Waals surface area (Å²) in [4.78, 5) is 19.6. The molecule has 7 aromatic carbocycles. The van der Waals surface area contributed by atoms with Crippen molar-refractivity contribution in [2.24, 2.45) is 0 Å². The Morgan fingerprint density at radius 3 is 1.67 bits per heavy atom. The van der Waals surface area contributed by atoms with Gasteiger partial charge in [-0.05, 0) is 51.2 Å². The molecule has 2 heterocycles. The summed E-state index contributed by atoms with van der Waals surface area (Å²) in [7, 11) is 0. The average Bonchev–Trinajstić information content (AvgIpc) is 3.56. The molecule has 0 saturated heterocycles. The molecule has 2 aromatic heterocycles. The van der Waals surface area contributed by atoms with Crippen LogP contribution in [0.15, 0.2) is 150 Å². The average molecular weight is 577 g/mol. The van der Waals surface area contributed by atoms with Crippen LogP contribution in [0.25, 0.3) is 89.0 Å². The van der Waals surface area contributed by atoms with E-state index < -0.39 is 0 Å². The number of benzene rings is 7. The molecule has 9 rings (SSSR count). The van der Waals surface area contributed by atoms with Gasteiger partial charge in [0.25, 0.3) is 0 Å². The number of hydrogen-bond donors (Lipinski definition) is 0. The minimum Gasteiger partial charge on any atom is -0.435 e. The minimum atomic E-state index is 0.612. The van der Waals surface area contributed by atoms with E-state index in [1.807, 2.05) is 72.8 Å². The number of rotatable bonds is 4. The third-order valence-electron chi connectivity index (χ3n) is 8.33. The van der Waals surface area contributed by atoms with Gasteiger partial charge in [0.15, 0.2) is 23.1 Å². The van der Waals surface area contributed by atoms with Gasteiger partial charge >= 0.3 is 0 Å². The molecule has 0 spiro atoms. The van der Waals surface area contributed by atoms with Gasteiger partial charge < -0.3 is 4.42 Å². The van der Waals surface area contributed by atoms with Crippen molar-refractivity contribution in [3.8, 4) is 45.6 Å². The van der Waals surface area contributed by atoms with E-state index in [2.05, 4.69) is 72.8 Å². The number of hydrogen-bond acceptors (Lipinski definition) is 5. The Bertz CT molecular complexity index is 2480. The summed E-state index contributed by atoms with van der Waals surface area (Å²) in [6.07, 6.45) is 0. The van der Waals surface area contributed by atoms with Gasteiger partial charge in [-0.1, -0.05) is 121 Å². The van der Waals surface area contributed by atoms with E-state index >= 15 is 0 Å². The van der Waals surface area contributed by atoms with Gasteiger partial charge in [-0.3, -0.25) is 0 Å². The van der Waals surface area contributed by atoms with E-state index in [-0.39, 0.29) is 0 Å². The fraction of sp³-hybridized carbons (Fsp3) is 0. The highest BCUT2D eigenvalue weighted by Gasteiger charge is 2.17. The molecule has 0 aliphatic carbocycles. The van der Waals surface area contributed by atoms with E-state index in [9.17, 15) is 0 Å². The third kappa shape index (κ3) is 4.33. The minimum absolute atomic E-state index is 0.612. The molecule has 5 heteroatoms. The summed E-state index contributed by atoms with van der Waals surface area (Å²) in [6.45, 7) is 0. The summed E-state index contributed by atoms with van der Waals surface area (Å²) < 4.78 is 6.57. The Balaban J connectivity index is 1.19. The maximum atomic E-state index is 6.57. The first-order chi connectivity index (χ1) is 22.3. The quantitative estimate of drug-likeness (QED) is 0.195. The molecule has 0 atom stereocenters. The molecule has 0 N–H and O–H groups in total. The molecule has 210 valence electrons. The lowest BCUT2D eigenvalue weighted by Gasteiger charge is -2.09. The Morgan fingerprint density at radius 2 is 0.956 bits per heavy atom. The summed E-state index contributed by atoms with van der Waals surface area (Å²) in [5, 5.41) is 6.69. The van der Waals surface area contributed by atoms with Crippen LogP contribution < -0.4 is 0 Å². The van der Waals surface area contributed by atoms with E-state index in [0.717, 1.165) is 54.9 Å². The predicted molar refractivity (Wildman–Crippen MR) is 182 cm³/mol. The van der Waals surface area contributed by atoms with Gasteiger partial charge in [0, 0.05) is 27.6 Å². The van der Waals surface area contributed by atoms with Crippen LogP contribution in [0.3, 0.4) is 0 Å². The van der Waals surface area contributed by atoms with Crippen LogP contribution in [0.1, 0.15) is 0 Å². The molecule has 5 nitrogen and oxygen atoms in total. The fourth-order valence-corrected chi connectivity index (χ4v) is 6.14. The Morgan fingerprint density at radius 1 is 0.378 bits per heavy atom. The number of oxazole rings is 1. The topological polar surface area (TPSA) is 64.7 Å². The van der Waals surface area contributed by atoms with Gasteiger partial charge in [0.05, 0.1) is 0 Å². The number of aromatic nitrogens is 4. The van der Waals surface area contributed by atoms with Crippen molar-refractivity contribution in [3.63, 3.8) is 0 Å². The van der Waals surface area contributed by atoms with E-state index in [1.54, 1.807) is 0 Å². The van der Waals surface area contributed by atoms with Crippen LogP contribution in [0.5, 0.6) is 0 Å². The Kier molecular flexibility index (Phi) is 5.74. The lowest BCUT2D eigenvalue weighted by molar-refractivity contribution is 0.624. The van der Waals surface area contributed by atoms with E-state index in [0.29, 0.717) is 23.4 Å². The first-order valence-electron chi connectivity index (χ1n) is 14.9. The zero-order valence-electron chi connectivity index (χ0n) is 24.1. The molecule has 0 saturated carbocycles. The molecule has 9 aromatic rings. The standard InChI is InChI=1S/C40H24N4O/c1-3-11-25(12-4-1)37-42-38(26-13-5-2-6-14-26)44-39(43-37)29-19-21-31-28(23-29)20-22-35-36(31)45-40(41-35)34-24-27-15-7-8-16-30(27)32-17-9-10-18-33(32)34/h1-24H. The molecular formula is C40H24N4O. The van der Waals surface area contributed by atoms with Crippen LogP contribution >= 0.6 is 0 Å². The zero-order chi connectivity index (χ0) is 29.7. The summed E-state index contributed by atoms with van der Waals surface area (Å²) in [6, 6.07) is 49.5. The molecule has 0 aliphatic heterocycles. The van der Waals surface area contributed by atoms with Gasteiger partial charge in [-0.2, -0.15) is 0 Å². The fourth-order valence-electron chi connectivity index (χ4n) is 6.14. The maximum Gasteiger partial charge on any atom is 0.227 e. The molecule has 0 radical (unpaired) electrons. The van der Waals surface area contributed by atoms with Crippen molar-refractivity contribution >= 4 is 43.4 Å². The molecular weight excluding hydrogens is 552 g/mol. The summed E-state index contributed by atoms with van der Waals surface area (Å²) >= 11 is 0. The predicted octanol–water partition coefficient (Wildman–Crippen LogP) is 10.1. The molecule has 0 unspecified atom stereocenters. The highest BCUT2D eigenvalue weighted by Crippen LogP contribution is 2.38. The largest absolute Gasteiger partial charge is 0.435 e. The van der Waals surface area contributed by atoms with Crippen molar-refractivity contribution in [1.82, 2.24) is 19.9 Å². The van der Waals surface area contributed by atoms with Crippen molar-refractivity contribution in [1.29, 1.82) is 0 Å². The second-order valence-electron chi connectivity index (χ2n) is 11.1. The van der Waals surface area contributed by atoms with Gasteiger partial charge in [-0.25, -0.2) is 19.9 Å². The molecule has 0 amide bonds. The lowest BCUT2D eigenvalue weighted by atomic mass is 9.97. The maximum absolute atomic E-state index is 6.57. The second-order valence-corrected chi connectivity index (χ2v) is 11.1. The van der Waals surface area contributed by atoms with Crippen LogP contribution in [-0.2, 0) is 0 Å². The highest BCUT2D eigenvalue weighted by molar-refractivity contribution is 6.13. The van der Waals surface area contributed by atoms with Crippen LogP contribution in [0.4, 0.5) is 0 Å². The van der Waals surface area contributed by atoms with Crippen LogP contribution in [-0.4, -0.2) is 19.9 Å². The summed E-state index contributed by atoms with van der Waals surface area (Å²) in [5.74, 6) is 2.50. The normalized spacial score (nSPS) is 11.6. The van der Waals surface area contributed by atoms with Gasteiger partial charge in [0.2, 0.25) is 5.89 Å². The van der Waals surface area contributed by atoms with Crippen molar-refractivity contribution < 1.29 is 4.42 Å². The van der Waals surface area contributed by atoms with Crippen molar-refractivity contribution in [3.05, 3.63) is 146 Å². The van der Waals surface area contributed by atoms with E-state index in [4.69, 9.17) is 24.4 Å². The van der Waals surface area contributed by atoms with Crippen molar-refractivity contribution in [2.75, 3.05) is 0 Å². The van der Waals surface area contributed by atoms with Crippen LogP contribution in [0.2, 0.25) is 0 Å². The molecule has 0 fully saturated rings. The van der Waals surface area contributed by atoms with E-state index in [1.165, 1.54) is 10.8 Å². The number of nitrogens with zero attached hydrogens (tertiary/aromatic N) is 4. The highest BCUT2D eigenvalue weighted by atomic mass is 16.3. The SMILES string of the molecule is c1ccc(-c2nc(-c3ccccc3)nc(-c3ccc4c(ccc5nc(-c6cc7ccccc7c7ccccc67)oc54)c3)n2)cc1. The Hall–Kier alpha value is -6.20. The first-order valence-corrected chi connectivity index (χ1v) is 14.9. The van der Waals surface area contributed by atoms with Crippen molar-refractivity contribution in [2.45, 2.75) is 0 Å². The Labute approximate surface area is 258 Å². The summed E-state index contributed by atoms with van der Waals surface area (Å²) in [5.41, 5.74) is 5.35. The molecule has 45 heavy (non-hydrogen) atoms. The molecule has 0 aliphatic rings. The van der Waals surface area contributed by atoms with Gasteiger partial charge in [-0.15, -0.1) is 0 Å². The number of fused-ring (bicyclic) bond motifs is 6. The smallest absolute Gasteiger partial charge is 0.227 e. The zero-order valence-corrected chi connectivity index (χ0v) is 24.1. The van der Waals surface area contributed by atoms with Crippen LogP contribution in [0, 0.1) is 0 Å². The monoisotopic (exact) mass is 576 g/mol. The molecule has 0 bridgehead atoms.